The van der Waals surface area contributed by atoms with E-state index in [1.165, 1.54) is 12.8 Å². The smallest absolute Gasteiger partial charge is 0.323 e. The number of amides is 2. The fraction of sp³-hybridized carbons (Fsp3) is 0.345. The SMILES string of the molecule is O=C(Nc1cccc(C2CN(c3ncnc4[nH]ccc34)CCN2CCO)c1)Nc1ccccc1N1CCCC1. The van der Waals surface area contributed by atoms with Crippen LogP contribution in [0.15, 0.2) is 67.1 Å². The van der Waals surface area contributed by atoms with Crippen LogP contribution >= 0.6 is 0 Å². The number of piperazine rings is 1. The van der Waals surface area contributed by atoms with Gasteiger partial charge in [-0.05, 0) is 48.7 Å². The van der Waals surface area contributed by atoms with Crippen molar-refractivity contribution in [3.63, 3.8) is 0 Å². The molecule has 0 saturated carbocycles. The van der Waals surface area contributed by atoms with E-state index in [0.717, 1.165) is 65.7 Å². The van der Waals surface area contributed by atoms with E-state index < -0.39 is 0 Å². The van der Waals surface area contributed by atoms with Gasteiger partial charge >= 0.3 is 6.03 Å². The summed E-state index contributed by atoms with van der Waals surface area (Å²) < 4.78 is 0. The first-order valence-electron chi connectivity index (χ1n) is 13.6. The first-order valence-corrected chi connectivity index (χ1v) is 13.6. The summed E-state index contributed by atoms with van der Waals surface area (Å²) in [5, 5.41) is 16.8. The molecule has 0 bridgehead atoms. The second-order valence-electron chi connectivity index (χ2n) is 10.1. The Hall–Kier alpha value is -4.15. The Kier molecular flexibility index (Phi) is 7.29. The highest BCUT2D eigenvalue weighted by Gasteiger charge is 2.30. The van der Waals surface area contributed by atoms with Crippen LogP contribution in [0.3, 0.4) is 0 Å². The van der Waals surface area contributed by atoms with Crippen LogP contribution in [0.25, 0.3) is 11.0 Å². The predicted molar refractivity (Wildman–Crippen MR) is 154 cm³/mol. The lowest BCUT2D eigenvalue weighted by Crippen LogP contribution is -2.49. The molecule has 2 aliphatic rings. The van der Waals surface area contributed by atoms with Gasteiger partial charge in [0.25, 0.3) is 0 Å². The van der Waals surface area contributed by atoms with Crippen molar-refractivity contribution in [3.8, 4) is 0 Å². The van der Waals surface area contributed by atoms with Crippen LogP contribution < -0.4 is 20.4 Å². The molecule has 0 spiro atoms. The summed E-state index contributed by atoms with van der Waals surface area (Å²) in [5.74, 6) is 0.903. The van der Waals surface area contributed by atoms with Gasteiger partial charge < -0.3 is 30.5 Å². The number of anilines is 4. The molecule has 6 rings (SSSR count). The number of nitrogens with zero attached hydrogens (tertiary/aromatic N) is 5. The van der Waals surface area contributed by atoms with E-state index in [1.807, 2.05) is 48.7 Å². The summed E-state index contributed by atoms with van der Waals surface area (Å²) in [6.07, 6.45) is 5.82. The van der Waals surface area contributed by atoms with Gasteiger partial charge in [-0.3, -0.25) is 4.90 Å². The normalized spacial score (nSPS) is 18.0. The van der Waals surface area contributed by atoms with Gasteiger partial charge in [-0.2, -0.15) is 0 Å². The third kappa shape index (κ3) is 5.39. The molecule has 0 radical (unpaired) electrons. The molecule has 2 amide bonds. The Bertz CT molecular complexity index is 1430. The molecule has 2 fully saturated rings. The number of aromatic amines is 1. The second kappa shape index (κ2) is 11.3. The minimum Gasteiger partial charge on any atom is -0.395 e. The van der Waals surface area contributed by atoms with Gasteiger partial charge in [0.1, 0.15) is 17.8 Å². The lowest BCUT2D eigenvalue weighted by atomic mass is 10.0. The average molecular weight is 527 g/mol. The summed E-state index contributed by atoms with van der Waals surface area (Å²) in [5.41, 5.74) is 4.48. The van der Waals surface area contributed by atoms with Crippen molar-refractivity contribution in [1.29, 1.82) is 0 Å². The first-order chi connectivity index (χ1) is 19.2. The standard InChI is InChI=1S/C29H34N8O2/c38-17-16-36-14-15-37(28-23-10-11-30-27(23)31-20-32-28)19-26(36)21-6-5-7-22(18-21)33-29(39)34-24-8-1-2-9-25(24)35-12-3-4-13-35/h1-2,5-11,18,20,26,38H,3-4,12-17,19H2,(H,30,31,32)(H2,33,34,39). The number of carbonyl (C=O) groups excluding carboxylic acids is 1. The summed E-state index contributed by atoms with van der Waals surface area (Å²) >= 11 is 0. The molecular formula is C29H34N8O2. The fourth-order valence-electron chi connectivity index (χ4n) is 5.76. The Morgan fingerprint density at radius 3 is 2.72 bits per heavy atom. The van der Waals surface area contributed by atoms with E-state index in [1.54, 1.807) is 6.33 Å². The van der Waals surface area contributed by atoms with E-state index in [4.69, 9.17) is 0 Å². The van der Waals surface area contributed by atoms with Crippen molar-refractivity contribution in [3.05, 3.63) is 72.7 Å². The fourth-order valence-corrected chi connectivity index (χ4v) is 5.76. The summed E-state index contributed by atoms with van der Waals surface area (Å²) in [6.45, 7) is 4.97. The zero-order valence-electron chi connectivity index (χ0n) is 21.9. The number of hydrogen-bond acceptors (Lipinski definition) is 7. The molecule has 1 unspecified atom stereocenters. The van der Waals surface area contributed by atoms with E-state index >= 15 is 0 Å². The molecule has 39 heavy (non-hydrogen) atoms. The summed E-state index contributed by atoms with van der Waals surface area (Å²) in [6, 6.07) is 17.7. The summed E-state index contributed by atoms with van der Waals surface area (Å²) in [4.78, 5) is 32.0. The Labute approximate surface area is 227 Å². The number of aromatic nitrogens is 3. The maximum atomic E-state index is 13.0. The van der Waals surface area contributed by atoms with Crippen LogP contribution in [-0.2, 0) is 0 Å². The monoisotopic (exact) mass is 526 g/mol. The summed E-state index contributed by atoms with van der Waals surface area (Å²) in [7, 11) is 0. The zero-order chi connectivity index (χ0) is 26.6. The van der Waals surface area contributed by atoms with Crippen molar-refractivity contribution in [2.75, 3.05) is 66.3 Å². The number of rotatable bonds is 7. The van der Waals surface area contributed by atoms with Crippen molar-refractivity contribution in [2.45, 2.75) is 18.9 Å². The molecule has 2 aromatic carbocycles. The lowest BCUT2D eigenvalue weighted by Gasteiger charge is -2.42. The van der Waals surface area contributed by atoms with Gasteiger partial charge in [0.15, 0.2) is 0 Å². The highest BCUT2D eigenvalue weighted by Crippen LogP contribution is 2.32. The average Bonchev–Trinajstić information content (AvgIpc) is 3.67. The molecule has 4 N–H and O–H groups in total. The molecule has 10 nitrogen and oxygen atoms in total. The molecule has 2 aliphatic heterocycles. The Morgan fingerprint density at radius 2 is 1.85 bits per heavy atom. The number of nitrogens with one attached hydrogen (secondary N) is 3. The van der Waals surface area contributed by atoms with Crippen molar-refractivity contribution in [2.24, 2.45) is 0 Å². The number of fused-ring (bicyclic) bond motifs is 1. The minimum absolute atomic E-state index is 0.0237. The van der Waals surface area contributed by atoms with Crippen LogP contribution in [0.4, 0.5) is 27.7 Å². The van der Waals surface area contributed by atoms with Crippen LogP contribution in [0.1, 0.15) is 24.4 Å². The number of aliphatic hydroxyl groups is 1. The number of carbonyl (C=O) groups is 1. The highest BCUT2D eigenvalue weighted by atomic mass is 16.3. The molecule has 4 heterocycles. The lowest BCUT2D eigenvalue weighted by molar-refractivity contribution is 0.137. The molecule has 4 aromatic rings. The minimum atomic E-state index is -0.271. The number of hydrogen-bond donors (Lipinski definition) is 4. The van der Waals surface area contributed by atoms with Crippen LogP contribution in [0.5, 0.6) is 0 Å². The molecule has 1 atom stereocenters. The Balaban J connectivity index is 1.20. The predicted octanol–water partition coefficient (Wildman–Crippen LogP) is 4.06. The van der Waals surface area contributed by atoms with Gasteiger partial charge in [0, 0.05) is 51.2 Å². The molecule has 10 heteroatoms. The van der Waals surface area contributed by atoms with Gasteiger partial charge in [-0.1, -0.05) is 24.3 Å². The first kappa shape index (κ1) is 25.1. The maximum absolute atomic E-state index is 13.0. The molecule has 2 saturated heterocycles. The van der Waals surface area contributed by atoms with E-state index in [0.29, 0.717) is 13.1 Å². The zero-order valence-corrected chi connectivity index (χ0v) is 21.9. The number of aliphatic hydroxyl groups excluding tert-OH is 1. The number of benzene rings is 2. The number of H-pyrrole nitrogens is 1. The molecule has 0 aliphatic carbocycles. The van der Waals surface area contributed by atoms with Gasteiger partial charge in [0.05, 0.1) is 29.4 Å². The van der Waals surface area contributed by atoms with Crippen LogP contribution in [-0.4, -0.2) is 76.9 Å². The molecule has 2 aromatic heterocycles. The van der Waals surface area contributed by atoms with Crippen molar-refractivity contribution < 1.29 is 9.90 Å². The highest BCUT2D eigenvalue weighted by molar-refractivity contribution is 6.02. The van der Waals surface area contributed by atoms with E-state index in [2.05, 4.69) is 52.4 Å². The molecular weight excluding hydrogens is 492 g/mol. The third-order valence-electron chi connectivity index (χ3n) is 7.64. The Morgan fingerprint density at radius 1 is 0.974 bits per heavy atom. The number of β-amino-alcohol motifs (C(OH)–C–C–N with tert-alkyl or cyclic N) is 1. The van der Waals surface area contributed by atoms with Crippen molar-refractivity contribution in [1.82, 2.24) is 19.9 Å². The van der Waals surface area contributed by atoms with Crippen LogP contribution in [0.2, 0.25) is 0 Å². The van der Waals surface area contributed by atoms with Crippen LogP contribution in [0, 0.1) is 0 Å². The van der Waals surface area contributed by atoms with Gasteiger partial charge in [-0.25, -0.2) is 14.8 Å². The third-order valence-corrected chi connectivity index (χ3v) is 7.64. The largest absolute Gasteiger partial charge is 0.395 e. The topological polar surface area (TPSA) is 113 Å². The van der Waals surface area contributed by atoms with E-state index in [9.17, 15) is 9.90 Å². The number of para-hydroxylation sites is 2. The van der Waals surface area contributed by atoms with Crippen molar-refractivity contribution >= 4 is 39.9 Å². The second-order valence-corrected chi connectivity index (χ2v) is 10.1. The maximum Gasteiger partial charge on any atom is 0.323 e. The molecule has 202 valence electrons. The quantitative estimate of drug-likeness (QED) is 0.287. The van der Waals surface area contributed by atoms with E-state index in [-0.39, 0.29) is 18.7 Å². The number of urea groups is 1. The van der Waals surface area contributed by atoms with Gasteiger partial charge in [-0.15, -0.1) is 0 Å². The van der Waals surface area contributed by atoms with Gasteiger partial charge in [0.2, 0.25) is 0 Å².